The Bertz CT molecular complexity index is 687. The van der Waals surface area contributed by atoms with Crippen LogP contribution in [0.3, 0.4) is 0 Å². The van der Waals surface area contributed by atoms with Gasteiger partial charge in [0, 0.05) is 18.9 Å². The molecule has 3 saturated carbocycles. The number of fused-ring (bicyclic) bond motifs is 5. The molecule has 4 aliphatic rings. The lowest BCUT2D eigenvalue weighted by Gasteiger charge is -2.58. The van der Waals surface area contributed by atoms with Gasteiger partial charge in [-0.05, 0) is 86.4 Å². The van der Waals surface area contributed by atoms with E-state index in [0.29, 0.717) is 36.0 Å². The fourth-order valence-corrected chi connectivity index (χ4v) is 8.41. The van der Waals surface area contributed by atoms with Crippen LogP contribution in [-0.4, -0.2) is 37.5 Å². The Labute approximate surface area is 182 Å². The van der Waals surface area contributed by atoms with Gasteiger partial charge in [-0.2, -0.15) is 0 Å². The Balaban J connectivity index is 1.63. The summed E-state index contributed by atoms with van der Waals surface area (Å²) >= 11 is 0. The average Bonchev–Trinajstić information content (AvgIpc) is 3.09. The van der Waals surface area contributed by atoms with Crippen LogP contribution in [-0.2, 0) is 14.3 Å². The van der Waals surface area contributed by atoms with Crippen molar-refractivity contribution in [2.45, 2.75) is 90.8 Å². The van der Waals surface area contributed by atoms with Crippen molar-refractivity contribution in [2.75, 3.05) is 14.2 Å². The van der Waals surface area contributed by atoms with E-state index in [1.165, 1.54) is 32.8 Å². The highest BCUT2D eigenvalue weighted by Crippen LogP contribution is 2.66. The highest BCUT2D eigenvalue weighted by atomic mass is 16.5. The number of carbonyl (C=O) groups excluding carboxylic acids is 1. The zero-order valence-electron chi connectivity index (χ0n) is 19.7. The standard InChI is InChI=1S/C26H42O4/c1-16(6-11-24(28)30-5)20-9-10-21-19-8-7-17-14-18(27)12-13-25(17,2)22(19)15-23(29-4)26(20,21)3/h15-21,23,27H,6-14H2,1-5H3/t16?,17-,18-,19?,20?,21?,23+,25+,26-/m1/s1. The second-order valence-corrected chi connectivity index (χ2v) is 11.3. The number of aliphatic hydroxyl groups is 1. The quantitative estimate of drug-likeness (QED) is 0.496. The number of rotatable bonds is 5. The molecule has 0 aromatic rings. The van der Waals surface area contributed by atoms with Crippen LogP contribution >= 0.6 is 0 Å². The summed E-state index contributed by atoms with van der Waals surface area (Å²) in [5.74, 6) is 2.91. The van der Waals surface area contributed by atoms with Crippen molar-refractivity contribution < 1.29 is 19.4 Å². The molecule has 0 bridgehead atoms. The molecule has 0 amide bonds. The smallest absolute Gasteiger partial charge is 0.305 e. The lowest BCUT2D eigenvalue weighted by molar-refractivity contribution is -0.141. The van der Waals surface area contributed by atoms with Crippen LogP contribution in [0.5, 0.6) is 0 Å². The van der Waals surface area contributed by atoms with Gasteiger partial charge >= 0.3 is 5.97 Å². The SMILES string of the molecule is COC(=O)CCC(C)C1CCC2C3CC[C@@H]4C[C@H](O)CC[C@]4(C)C3=C[C@H](OC)[C@]12C. The van der Waals surface area contributed by atoms with E-state index in [9.17, 15) is 9.90 Å². The zero-order chi connectivity index (χ0) is 21.7. The lowest BCUT2D eigenvalue weighted by atomic mass is 9.47. The molecule has 30 heavy (non-hydrogen) atoms. The lowest BCUT2D eigenvalue weighted by Crippen LogP contribution is -2.53. The van der Waals surface area contributed by atoms with Gasteiger partial charge in [-0.25, -0.2) is 0 Å². The predicted octanol–water partition coefficient (Wildman–Crippen LogP) is 5.14. The first kappa shape index (κ1) is 22.3. The van der Waals surface area contributed by atoms with Gasteiger partial charge in [-0.3, -0.25) is 4.79 Å². The summed E-state index contributed by atoms with van der Waals surface area (Å²) in [5.41, 5.74) is 2.02. The minimum Gasteiger partial charge on any atom is -0.469 e. The molecule has 1 N–H and O–H groups in total. The third-order valence-corrected chi connectivity index (χ3v) is 10.1. The van der Waals surface area contributed by atoms with Crippen LogP contribution in [0.4, 0.5) is 0 Å². The van der Waals surface area contributed by atoms with E-state index in [-0.39, 0.29) is 29.0 Å². The molecule has 0 spiro atoms. The van der Waals surface area contributed by atoms with Crippen molar-refractivity contribution in [3.05, 3.63) is 11.6 Å². The van der Waals surface area contributed by atoms with Crippen LogP contribution < -0.4 is 0 Å². The van der Waals surface area contributed by atoms with E-state index in [1.807, 2.05) is 7.11 Å². The molecule has 0 saturated heterocycles. The minimum absolute atomic E-state index is 0.0959. The maximum atomic E-state index is 11.7. The maximum absolute atomic E-state index is 11.7. The molecule has 3 fully saturated rings. The van der Waals surface area contributed by atoms with E-state index in [4.69, 9.17) is 9.47 Å². The van der Waals surface area contributed by atoms with Gasteiger partial charge in [-0.15, -0.1) is 0 Å². The normalized spacial score (nSPS) is 46.3. The molecule has 4 aliphatic carbocycles. The van der Waals surface area contributed by atoms with Gasteiger partial charge in [0.25, 0.3) is 0 Å². The summed E-state index contributed by atoms with van der Waals surface area (Å²) in [6, 6.07) is 0. The zero-order valence-corrected chi connectivity index (χ0v) is 19.7. The Hall–Kier alpha value is -0.870. The van der Waals surface area contributed by atoms with E-state index in [0.717, 1.165) is 25.7 Å². The number of hydrogen-bond acceptors (Lipinski definition) is 4. The summed E-state index contributed by atoms with van der Waals surface area (Å²) in [6.07, 6.45) is 12.0. The monoisotopic (exact) mass is 418 g/mol. The number of hydrogen-bond donors (Lipinski definition) is 1. The van der Waals surface area contributed by atoms with E-state index in [1.54, 1.807) is 5.57 Å². The fraction of sp³-hybridized carbons (Fsp3) is 0.885. The minimum atomic E-state index is -0.112. The van der Waals surface area contributed by atoms with Gasteiger partial charge in [-0.1, -0.05) is 32.4 Å². The molecule has 9 atom stereocenters. The molecule has 0 aromatic carbocycles. The molecule has 4 heteroatoms. The van der Waals surface area contributed by atoms with Crippen molar-refractivity contribution >= 4 is 5.97 Å². The Morgan fingerprint density at radius 3 is 2.67 bits per heavy atom. The predicted molar refractivity (Wildman–Crippen MR) is 118 cm³/mol. The summed E-state index contributed by atoms with van der Waals surface area (Å²) in [6.45, 7) is 7.28. The van der Waals surface area contributed by atoms with Crippen LogP contribution in [0, 0.1) is 40.4 Å². The molecular weight excluding hydrogens is 376 g/mol. The summed E-state index contributed by atoms with van der Waals surface area (Å²) in [7, 11) is 3.36. The highest BCUT2D eigenvalue weighted by Gasteiger charge is 2.61. The van der Waals surface area contributed by atoms with Crippen LogP contribution in [0.15, 0.2) is 11.6 Å². The molecule has 170 valence electrons. The fourth-order valence-electron chi connectivity index (χ4n) is 8.41. The molecule has 0 radical (unpaired) electrons. The number of esters is 1. The molecular formula is C26H42O4. The largest absolute Gasteiger partial charge is 0.469 e. The van der Waals surface area contributed by atoms with Gasteiger partial charge in [0.1, 0.15) is 0 Å². The van der Waals surface area contributed by atoms with Gasteiger partial charge in [0.2, 0.25) is 0 Å². The van der Waals surface area contributed by atoms with Crippen LogP contribution in [0.2, 0.25) is 0 Å². The molecule has 4 rings (SSSR count). The molecule has 0 heterocycles. The van der Waals surface area contributed by atoms with Crippen molar-refractivity contribution in [3.8, 4) is 0 Å². The summed E-state index contributed by atoms with van der Waals surface area (Å²) < 4.78 is 11.1. The topological polar surface area (TPSA) is 55.8 Å². The average molecular weight is 419 g/mol. The molecule has 0 aliphatic heterocycles. The number of methoxy groups -OCH3 is 2. The Morgan fingerprint density at radius 2 is 1.97 bits per heavy atom. The maximum Gasteiger partial charge on any atom is 0.305 e. The number of aliphatic hydroxyl groups excluding tert-OH is 1. The van der Waals surface area contributed by atoms with Gasteiger partial charge in [0.15, 0.2) is 0 Å². The van der Waals surface area contributed by atoms with Crippen LogP contribution in [0.25, 0.3) is 0 Å². The number of ether oxygens (including phenoxy) is 2. The first-order valence-corrected chi connectivity index (χ1v) is 12.3. The Morgan fingerprint density at radius 1 is 1.20 bits per heavy atom. The summed E-state index contributed by atoms with van der Waals surface area (Å²) in [5, 5.41) is 10.3. The van der Waals surface area contributed by atoms with Crippen molar-refractivity contribution in [1.82, 2.24) is 0 Å². The molecule has 4 nitrogen and oxygen atoms in total. The third-order valence-electron chi connectivity index (χ3n) is 10.1. The first-order chi connectivity index (χ1) is 14.3. The highest BCUT2D eigenvalue weighted by molar-refractivity contribution is 5.69. The van der Waals surface area contributed by atoms with Gasteiger partial charge < -0.3 is 14.6 Å². The third kappa shape index (κ3) is 3.37. The van der Waals surface area contributed by atoms with Crippen molar-refractivity contribution in [3.63, 3.8) is 0 Å². The van der Waals surface area contributed by atoms with E-state index in [2.05, 4.69) is 26.8 Å². The molecule has 4 unspecified atom stereocenters. The van der Waals surface area contributed by atoms with E-state index < -0.39 is 0 Å². The second-order valence-electron chi connectivity index (χ2n) is 11.3. The van der Waals surface area contributed by atoms with Crippen molar-refractivity contribution in [1.29, 1.82) is 0 Å². The number of carbonyl (C=O) groups is 1. The first-order valence-electron chi connectivity index (χ1n) is 12.3. The number of allylic oxidation sites excluding steroid dienone is 1. The second kappa shape index (κ2) is 8.24. The molecule has 0 aromatic heterocycles. The Kier molecular flexibility index (Phi) is 6.13. The van der Waals surface area contributed by atoms with Crippen molar-refractivity contribution in [2.24, 2.45) is 40.4 Å². The van der Waals surface area contributed by atoms with E-state index >= 15 is 0 Å². The van der Waals surface area contributed by atoms with Crippen LogP contribution in [0.1, 0.15) is 78.6 Å². The summed E-state index contributed by atoms with van der Waals surface area (Å²) in [4.78, 5) is 11.7. The van der Waals surface area contributed by atoms with Gasteiger partial charge in [0.05, 0.1) is 19.3 Å².